The number of nitrogens with one attached hydrogen (secondary N) is 1. The summed E-state index contributed by atoms with van der Waals surface area (Å²) < 4.78 is 5.43. The molecule has 0 unspecified atom stereocenters. The second-order valence-electron chi connectivity index (χ2n) is 11.1. The van der Waals surface area contributed by atoms with Crippen molar-refractivity contribution in [2.24, 2.45) is 0 Å². The second-order valence-corrected chi connectivity index (χ2v) is 11.1. The van der Waals surface area contributed by atoms with Crippen molar-refractivity contribution in [1.29, 1.82) is 0 Å². The normalized spacial score (nSPS) is 31.1. The van der Waals surface area contributed by atoms with Gasteiger partial charge in [-0.1, -0.05) is 25.0 Å². The number of benzene rings is 1. The van der Waals surface area contributed by atoms with E-state index in [-0.39, 0.29) is 30.7 Å². The molecular weight excluding hydrogens is 446 g/mol. The Balaban J connectivity index is 1.13. The first kappa shape index (κ1) is 23.1. The van der Waals surface area contributed by atoms with E-state index in [2.05, 4.69) is 22.3 Å². The number of β-amino-alcohol motifs (C(OH)–C–C–N with tert-alkyl or cyclic N) is 1. The van der Waals surface area contributed by atoms with E-state index in [0.717, 1.165) is 44.8 Å². The van der Waals surface area contributed by atoms with Gasteiger partial charge in [-0.15, -0.1) is 0 Å². The summed E-state index contributed by atoms with van der Waals surface area (Å²) in [6, 6.07) is 7.93. The monoisotopic (exact) mass is 481 g/mol. The van der Waals surface area contributed by atoms with Crippen molar-refractivity contribution in [3.63, 3.8) is 0 Å². The highest BCUT2D eigenvalue weighted by atomic mass is 16.5. The number of piperidine rings is 1. The molecule has 2 N–H and O–H groups in total. The van der Waals surface area contributed by atoms with Gasteiger partial charge in [-0.3, -0.25) is 14.4 Å². The fourth-order valence-electron chi connectivity index (χ4n) is 6.72. The molecule has 3 heterocycles. The van der Waals surface area contributed by atoms with Crippen molar-refractivity contribution in [2.45, 2.75) is 87.1 Å². The Morgan fingerprint density at radius 3 is 2.37 bits per heavy atom. The van der Waals surface area contributed by atoms with E-state index in [0.29, 0.717) is 24.3 Å². The van der Waals surface area contributed by atoms with Crippen LogP contribution in [0.1, 0.15) is 73.2 Å². The first-order valence-electron chi connectivity index (χ1n) is 13.3. The molecule has 2 saturated carbocycles. The molecule has 188 valence electrons. The zero-order valence-electron chi connectivity index (χ0n) is 20.2. The zero-order valence-corrected chi connectivity index (χ0v) is 20.2. The number of nitrogens with zero attached hydrogens (tertiary/aromatic N) is 2. The molecule has 0 bridgehead atoms. The minimum atomic E-state index is -1.04. The summed E-state index contributed by atoms with van der Waals surface area (Å²) in [6.45, 7) is 2.29. The van der Waals surface area contributed by atoms with Gasteiger partial charge in [0.05, 0.1) is 6.54 Å². The summed E-state index contributed by atoms with van der Waals surface area (Å²) >= 11 is 0. The summed E-state index contributed by atoms with van der Waals surface area (Å²) in [7, 11) is 0. The molecule has 1 aromatic rings. The number of aliphatic hydroxyl groups excluding tert-OH is 1. The van der Waals surface area contributed by atoms with Gasteiger partial charge in [-0.05, 0) is 75.2 Å². The second kappa shape index (κ2) is 8.98. The van der Waals surface area contributed by atoms with Crippen LogP contribution in [0.4, 0.5) is 0 Å². The van der Waals surface area contributed by atoms with Crippen LogP contribution in [-0.2, 0) is 14.3 Å². The number of carbonyl (C=O) groups is 3. The quantitative estimate of drug-likeness (QED) is 0.663. The number of carbonyl (C=O) groups excluding carboxylic acids is 3. The summed E-state index contributed by atoms with van der Waals surface area (Å²) in [5.41, 5.74) is 0.784. The molecule has 6 rings (SSSR count). The fourth-order valence-corrected chi connectivity index (χ4v) is 6.72. The first-order valence-corrected chi connectivity index (χ1v) is 13.3. The predicted molar refractivity (Wildman–Crippen MR) is 128 cm³/mol. The van der Waals surface area contributed by atoms with Crippen molar-refractivity contribution >= 4 is 17.6 Å². The van der Waals surface area contributed by atoms with Gasteiger partial charge < -0.3 is 25.0 Å². The van der Waals surface area contributed by atoms with Crippen LogP contribution in [0.2, 0.25) is 0 Å². The van der Waals surface area contributed by atoms with Crippen molar-refractivity contribution in [2.75, 3.05) is 26.2 Å². The lowest BCUT2D eigenvalue weighted by atomic mass is 9.88. The summed E-state index contributed by atoms with van der Waals surface area (Å²) in [5.74, 6) is -0.183. The Bertz CT molecular complexity index is 993. The Morgan fingerprint density at radius 2 is 1.71 bits per heavy atom. The SMILES string of the molecule is O=C(NC1(C(=O)N2C[C@H](O)[C@H]3OCC(=O)[C@H]32)CCCC1)c1ccc(C2CCN(C3CC3)CC2)cc1. The van der Waals surface area contributed by atoms with Crippen LogP contribution in [0.3, 0.4) is 0 Å². The van der Waals surface area contributed by atoms with Crippen LogP contribution < -0.4 is 5.32 Å². The van der Waals surface area contributed by atoms with E-state index in [1.54, 1.807) is 0 Å². The molecule has 2 amide bonds. The Labute approximate surface area is 206 Å². The summed E-state index contributed by atoms with van der Waals surface area (Å²) in [4.78, 5) is 43.4. The number of Topliss-reactive ketones (excluding diaryl/α,β-unsaturated/α-hetero) is 1. The standard InChI is InChI=1S/C27H35N3O5/c31-21-15-30(23-22(32)16-35-24(21)23)26(34)27(11-1-2-12-27)28-25(33)19-5-3-17(4-6-19)18-9-13-29(14-10-18)20-7-8-20/h3-6,18,20-21,23-24,31H,1-2,7-16H2,(H,28,33)/t21-,23+,24+/m0/s1. The van der Waals surface area contributed by atoms with E-state index < -0.39 is 23.8 Å². The molecule has 3 atom stereocenters. The number of hydrogen-bond acceptors (Lipinski definition) is 6. The van der Waals surface area contributed by atoms with E-state index in [9.17, 15) is 19.5 Å². The number of rotatable bonds is 5. The maximum absolute atomic E-state index is 13.7. The maximum Gasteiger partial charge on any atom is 0.252 e. The Kier molecular flexibility index (Phi) is 5.93. The average molecular weight is 482 g/mol. The van der Waals surface area contributed by atoms with Gasteiger partial charge in [0.15, 0.2) is 5.78 Å². The van der Waals surface area contributed by atoms with Crippen molar-refractivity contribution in [3.8, 4) is 0 Å². The highest BCUT2D eigenvalue weighted by Gasteiger charge is 2.56. The molecule has 8 nitrogen and oxygen atoms in total. The maximum atomic E-state index is 13.7. The number of ketones is 1. The Morgan fingerprint density at radius 1 is 1.03 bits per heavy atom. The summed E-state index contributed by atoms with van der Waals surface area (Å²) in [6.07, 6.45) is 6.21. The lowest BCUT2D eigenvalue weighted by molar-refractivity contribution is -0.142. The van der Waals surface area contributed by atoms with Crippen LogP contribution in [-0.4, -0.2) is 88.6 Å². The third-order valence-electron chi connectivity index (χ3n) is 8.88. The smallest absolute Gasteiger partial charge is 0.252 e. The highest BCUT2D eigenvalue weighted by molar-refractivity contribution is 6.01. The van der Waals surface area contributed by atoms with E-state index in [1.807, 2.05) is 12.1 Å². The number of aliphatic hydroxyl groups is 1. The molecule has 0 radical (unpaired) electrons. The minimum Gasteiger partial charge on any atom is -0.388 e. The number of hydrogen-bond donors (Lipinski definition) is 2. The topological polar surface area (TPSA) is 99.2 Å². The highest BCUT2D eigenvalue weighted by Crippen LogP contribution is 2.37. The van der Waals surface area contributed by atoms with Crippen LogP contribution in [0.15, 0.2) is 24.3 Å². The van der Waals surface area contributed by atoms with Crippen molar-refractivity contribution in [1.82, 2.24) is 15.1 Å². The van der Waals surface area contributed by atoms with Gasteiger partial charge in [0, 0.05) is 11.6 Å². The molecule has 3 aliphatic heterocycles. The molecular formula is C27H35N3O5. The molecule has 0 spiro atoms. The third kappa shape index (κ3) is 4.19. The summed E-state index contributed by atoms with van der Waals surface area (Å²) in [5, 5.41) is 13.4. The van der Waals surface area contributed by atoms with E-state index >= 15 is 0 Å². The minimum absolute atomic E-state index is 0.0613. The third-order valence-corrected chi connectivity index (χ3v) is 8.88. The number of likely N-dealkylation sites (tertiary alicyclic amines) is 2. The lowest BCUT2D eigenvalue weighted by Crippen LogP contribution is -2.60. The van der Waals surface area contributed by atoms with Crippen molar-refractivity contribution < 1.29 is 24.2 Å². The number of ether oxygens (including phenoxy) is 1. The average Bonchev–Trinajstić information content (AvgIpc) is 3.36. The fraction of sp³-hybridized carbons (Fsp3) is 0.667. The van der Waals surface area contributed by atoms with E-state index in [4.69, 9.17) is 4.74 Å². The van der Waals surface area contributed by atoms with Gasteiger partial charge in [0.2, 0.25) is 5.91 Å². The molecule has 35 heavy (non-hydrogen) atoms. The van der Waals surface area contributed by atoms with Gasteiger partial charge in [-0.2, -0.15) is 0 Å². The number of amides is 2. The largest absolute Gasteiger partial charge is 0.388 e. The zero-order chi connectivity index (χ0) is 24.2. The first-order chi connectivity index (χ1) is 16.9. The molecule has 5 aliphatic rings. The van der Waals surface area contributed by atoms with Crippen LogP contribution in [0.5, 0.6) is 0 Å². The van der Waals surface area contributed by atoms with Gasteiger partial charge >= 0.3 is 0 Å². The lowest BCUT2D eigenvalue weighted by Gasteiger charge is -2.35. The van der Waals surface area contributed by atoms with Crippen LogP contribution in [0, 0.1) is 0 Å². The Hall–Kier alpha value is -2.29. The molecule has 8 heteroatoms. The van der Waals surface area contributed by atoms with Crippen LogP contribution >= 0.6 is 0 Å². The van der Waals surface area contributed by atoms with E-state index in [1.165, 1.54) is 23.3 Å². The number of fused-ring (bicyclic) bond motifs is 1. The van der Waals surface area contributed by atoms with Crippen LogP contribution in [0.25, 0.3) is 0 Å². The van der Waals surface area contributed by atoms with Gasteiger partial charge in [-0.25, -0.2) is 0 Å². The molecule has 5 fully saturated rings. The molecule has 2 aliphatic carbocycles. The predicted octanol–water partition coefficient (Wildman–Crippen LogP) is 1.61. The van der Waals surface area contributed by atoms with Gasteiger partial charge in [0.25, 0.3) is 5.91 Å². The molecule has 0 aromatic heterocycles. The van der Waals surface area contributed by atoms with Gasteiger partial charge in [0.1, 0.15) is 30.4 Å². The molecule has 1 aromatic carbocycles. The molecule has 3 saturated heterocycles. The van der Waals surface area contributed by atoms with Crippen molar-refractivity contribution in [3.05, 3.63) is 35.4 Å².